The molecule has 35 heavy (non-hydrogen) atoms. The second-order valence-corrected chi connectivity index (χ2v) is 7.78. The zero-order valence-corrected chi connectivity index (χ0v) is 19.0. The zero-order valence-electron chi connectivity index (χ0n) is 19.0. The monoisotopic (exact) mass is 490 g/mol. The van der Waals surface area contributed by atoms with Gasteiger partial charge in [0.1, 0.15) is 37.6 Å². The van der Waals surface area contributed by atoms with E-state index in [4.69, 9.17) is 19.0 Å². The third-order valence-electron chi connectivity index (χ3n) is 5.34. The van der Waals surface area contributed by atoms with Gasteiger partial charge in [0.2, 0.25) is 6.41 Å². The van der Waals surface area contributed by atoms with Crippen LogP contribution in [-0.4, -0.2) is 83.3 Å². The Hall–Kier alpha value is -3.06. The number of benzene rings is 2. The van der Waals surface area contributed by atoms with Gasteiger partial charge in [0.15, 0.2) is 6.29 Å². The summed E-state index contributed by atoms with van der Waals surface area (Å²) in [5, 5.41) is 33.8. The minimum Gasteiger partial charge on any atom is -0.445 e. The number of aliphatic hydroxyl groups is 3. The highest BCUT2D eigenvalue weighted by atomic mass is 16.7. The van der Waals surface area contributed by atoms with Gasteiger partial charge in [-0.3, -0.25) is 9.63 Å². The Balaban J connectivity index is 1.54. The second-order valence-electron chi connectivity index (χ2n) is 7.78. The third kappa shape index (κ3) is 7.72. The first-order valence-electron chi connectivity index (χ1n) is 11.1. The Bertz CT molecular complexity index is 902. The molecule has 0 saturated carbocycles. The molecule has 4 N–H and O–H groups in total. The maximum absolute atomic E-state index is 11.9. The van der Waals surface area contributed by atoms with Crippen LogP contribution in [0.2, 0.25) is 0 Å². The van der Waals surface area contributed by atoms with Crippen molar-refractivity contribution in [1.29, 1.82) is 0 Å². The van der Waals surface area contributed by atoms with Crippen LogP contribution < -0.4 is 5.32 Å². The van der Waals surface area contributed by atoms with Crippen molar-refractivity contribution in [3.05, 3.63) is 71.8 Å². The fourth-order valence-corrected chi connectivity index (χ4v) is 3.49. The Kier molecular flexibility index (Phi) is 10.4. The summed E-state index contributed by atoms with van der Waals surface area (Å²) in [6.07, 6.45) is -5.72. The molecule has 5 atom stereocenters. The number of ether oxygens (including phenoxy) is 3. The van der Waals surface area contributed by atoms with Crippen LogP contribution in [0.4, 0.5) is 4.79 Å². The molecule has 2 aromatic carbocycles. The molecule has 11 nitrogen and oxygen atoms in total. The van der Waals surface area contributed by atoms with Crippen molar-refractivity contribution in [3.63, 3.8) is 0 Å². The molecule has 0 aromatic heterocycles. The number of carbonyl (C=O) groups is 2. The van der Waals surface area contributed by atoms with Gasteiger partial charge in [0.25, 0.3) is 0 Å². The van der Waals surface area contributed by atoms with Gasteiger partial charge in [-0.05, 0) is 11.1 Å². The van der Waals surface area contributed by atoms with Gasteiger partial charge in [-0.2, -0.15) is 0 Å². The predicted octanol–water partition coefficient (Wildman–Crippen LogP) is 0.327. The molecule has 11 heteroatoms. The van der Waals surface area contributed by atoms with Crippen molar-refractivity contribution in [2.45, 2.75) is 43.9 Å². The molecule has 1 saturated heterocycles. The largest absolute Gasteiger partial charge is 0.445 e. The van der Waals surface area contributed by atoms with Crippen LogP contribution in [0, 0.1) is 0 Å². The van der Waals surface area contributed by atoms with E-state index in [0.29, 0.717) is 6.41 Å². The van der Waals surface area contributed by atoms with Crippen molar-refractivity contribution >= 4 is 12.5 Å². The van der Waals surface area contributed by atoms with Gasteiger partial charge in [-0.25, -0.2) is 9.86 Å². The van der Waals surface area contributed by atoms with Crippen LogP contribution in [0.5, 0.6) is 0 Å². The summed E-state index contributed by atoms with van der Waals surface area (Å²) in [4.78, 5) is 29.2. The standard InChI is InChI=1S/C24H30N2O9/c27-13-19-21(29)22(30)20(26(16-28)34-15-18-9-5-2-6-10-18)23(35-19)32-12-11-25-24(31)33-14-17-7-3-1-4-8-17/h1-10,16,19-23,27,29-30H,11-15H2,(H,25,31)/t19-,20+,21-,22-,23+/m1/s1. The molecular weight excluding hydrogens is 460 g/mol. The lowest BCUT2D eigenvalue weighted by molar-refractivity contribution is -0.322. The minimum atomic E-state index is -1.53. The van der Waals surface area contributed by atoms with E-state index in [1.165, 1.54) is 0 Å². The van der Waals surface area contributed by atoms with Crippen LogP contribution >= 0.6 is 0 Å². The number of hydrogen-bond donors (Lipinski definition) is 4. The molecule has 190 valence electrons. The van der Waals surface area contributed by atoms with Gasteiger partial charge in [-0.15, -0.1) is 0 Å². The first kappa shape index (κ1) is 26.5. The van der Waals surface area contributed by atoms with Gasteiger partial charge < -0.3 is 34.8 Å². The van der Waals surface area contributed by atoms with Gasteiger partial charge in [-0.1, -0.05) is 60.7 Å². The van der Waals surface area contributed by atoms with E-state index in [0.717, 1.165) is 16.2 Å². The fourth-order valence-electron chi connectivity index (χ4n) is 3.49. The second kappa shape index (κ2) is 13.7. The Labute approximate surface area is 202 Å². The van der Waals surface area contributed by atoms with E-state index in [1.807, 2.05) is 48.5 Å². The van der Waals surface area contributed by atoms with E-state index in [9.17, 15) is 24.9 Å². The highest BCUT2D eigenvalue weighted by molar-refractivity contribution is 5.67. The van der Waals surface area contributed by atoms with Gasteiger partial charge in [0, 0.05) is 6.54 Å². The number of aliphatic hydroxyl groups excluding tert-OH is 3. The number of hydroxylamine groups is 2. The molecule has 2 aromatic rings. The molecule has 1 aliphatic heterocycles. The van der Waals surface area contributed by atoms with Crippen LogP contribution in [-0.2, 0) is 37.1 Å². The van der Waals surface area contributed by atoms with Gasteiger partial charge in [0.05, 0.1) is 13.2 Å². The molecule has 0 bridgehead atoms. The first-order chi connectivity index (χ1) is 17.0. The Morgan fingerprint density at radius 2 is 1.63 bits per heavy atom. The van der Waals surface area contributed by atoms with Crippen molar-refractivity contribution in [2.24, 2.45) is 0 Å². The van der Waals surface area contributed by atoms with E-state index in [-0.39, 0.29) is 26.4 Å². The van der Waals surface area contributed by atoms with Crippen molar-refractivity contribution < 1.29 is 44.0 Å². The van der Waals surface area contributed by atoms with E-state index in [1.54, 1.807) is 12.1 Å². The summed E-state index contributed by atoms with van der Waals surface area (Å²) < 4.78 is 16.3. The van der Waals surface area contributed by atoms with Crippen LogP contribution in [0.3, 0.4) is 0 Å². The quantitative estimate of drug-likeness (QED) is 0.188. The van der Waals surface area contributed by atoms with Crippen molar-refractivity contribution in [2.75, 3.05) is 19.8 Å². The average Bonchev–Trinajstić information content (AvgIpc) is 2.90. The molecule has 0 radical (unpaired) electrons. The molecule has 1 aliphatic rings. The topological polar surface area (TPSA) is 147 Å². The first-order valence-corrected chi connectivity index (χ1v) is 11.1. The Morgan fingerprint density at radius 3 is 2.23 bits per heavy atom. The maximum atomic E-state index is 11.9. The molecular formula is C24H30N2O9. The maximum Gasteiger partial charge on any atom is 0.407 e. The van der Waals surface area contributed by atoms with E-state index < -0.39 is 43.3 Å². The van der Waals surface area contributed by atoms with Crippen LogP contribution in [0.25, 0.3) is 0 Å². The number of rotatable bonds is 12. The average molecular weight is 491 g/mol. The number of nitrogens with one attached hydrogen (secondary N) is 1. The number of amides is 2. The molecule has 1 fully saturated rings. The third-order valence-corrected chi connectivity index (χ3v) is 5.34. The molecule has 0 aliphatic carbocycles. The Morgan fingerprint density at radius 1 is 1.00 bits per heavy atom. The molecule has 2 amide bonds. The molecule has 3 rings (SSSR count). The normalized spacial score (nSPS) is 23.9. The SMILES string of the molecule is O=CN(OCc1ccccc1)[C@@H]1[C@@H](OCCNC(=O)OCc2ccccc2)O[C@H](CO)[C@@H](O)[C@@H]1O. The number of alkyl carbamates (subject to hydrolysis) is 1. The highest BCUT2D eigenvalue weighted by Gasteiger charge is 2.48. The fraction of sp³-hybridized carbons (Fsp3) is 0.417. The van der Waals surface area contributed by atoms with E-state index >= 15 is 0 Å². The smallest absolute Gasteiger partial charge is 0.407 e. The van der Waals surface area contributed by atoms with Crippen molar-refractivity contribution in [1.82, 2.24) is 10.4 Å². The summed E-state index contributed by atoms with van der Waals surface area (Å²) in [5.41, 5.74) is 1.61. The summed E-state index contributed by atoms with van der Waals surface area (Å²) in [7, 11) is 0. The van der Waals surface area contributed by atoms with Crippen LogP contribution in [0.15, 0.2) is 60.7 Å². The number of carbonyl (C=O) groups excluding carboxylic acids is 2. The van der Waals surface area contributed by atoms with Gasteiger partial charge >= 0.3 is 6.09 Å². The summed E-state index contributed by atoms with van der Waals surface area (Å²) >= 11 is 0. The zero-order chi connectivity index (χ0) is 25.0. The molecule has 1 heterocycles. The van der Waals surface area contributed by atoms with Crippen LogP contribution in [0.1, 0.15) is 11.1 Å². The highest BCUT2D eigenvalue weighted by Crippen LogP contribution is 2.26. The lowest BCUT2D eigenvalue weighted by Gasteiger charge is -2.44. The van der Waals surface area contributed by atoms with E-state index in [2.05, 4.69) is 5.32 Å². The summed E-state index contributed by atoms with van der Waals surface area (Å²) in [6.45, 7) is -0.496. The lowest BCUT2D eigenvalue weighted by Crippen LogP contribution is -2.64. The number of nitrogens with zero attached hydrogens (tertiary/aromatic N) is 1. The summed E-state index contributed by atoms with van der Waals surface area (Å²) in [5.74, 6) is 0. The lowest BCUT2D eigenvalue weighted by atomic mass is 9.97. The minimum absolute atomic E-state index is 0.0177. The number of hydrogen-bond acceptors (Lipinski definition) is 9. The molecule has 0 spiro atoms. The van der Waals surface area contributed by atoms with Crippen molar-refractivity contribution in [3.8, 4) is 0 Å². The molecule has 0 unspecified atom stereocenters. The predicted molar refractivity (Wildman–Crippen MR) is 121 cm³/mol. The summed E-state index contributed by atoms with van der Waals surface area (Å²) in [6, 6.07) is 17.0.